The molecule has 1 aliphatic carbocycles. The monoisotopic (exact) mass is 285 g/mol. The average Bonchev–Trinajstić information content (AvgIpc) is 3.28. The number of nitrogens with one attached hydrogen (secondary N) is 1. The van der Waals surface area contributed by atoms with E-state index in [-0.39, 0.29) is 5.60 Å². The lowest BCUT2D eigenvalue weighted by Crippen LogP contribution is -2.48. The summed E-state index contributed by atoms with van der Waals surface area (Å²) in [5, 5.41) is 13.0. The zero-order valence-electron chi connectivity index (χ0n) is 12.9. The van der Waals surface area contributed by atoms with E-state index < -0.39 is 0 Å². The van der Waals surface area contributed by atoms with Crippen molar-refractivity contribution in [3.05, 3.63) is 29.3 Å². The van der Waals surface area contributed by atoms with Crippen molar-refractivity contribution in [1.82, 2.24) is 5.32 Å². The van der Waals surface area contributed by atoms with E-state index in [1.807, 2.05) is 6.07 Å². The summed E-state index contributed by atoms with van der Waals surface area (Å²) in [7, 11) is 0. The number of benzene rings is 1. The van der Waals surface area contributed by atoms with Crippen LogP contribution in [0.4, 0.5) is 5.69 Å². The summed E-state index contributed by atoms with van der Waals surface area (Å²) in [5.74, 6) is 0. The van der Waals surface area contributed by atoms with Crippen LogP contribution in [0.2, 0.25) is 0 Å². The number of ether oxygens (including phenoxy) is 1. The quantitative estimate of drug-likeness (QED) is 0.923. The van der Waals surface area contributed by atoms with E-state index in [0.29, 0.717) is 12.6 Å². The van der Waals surface area contributed by atoms with Crippen molar-refractivity contribution in [2.45, 2.75) is 44.9 Å². The molecular formula is C17H23N3O. The van der Waals surface area contributed by atoms with Gasteiger partial charge in [-0.2, -0.15) is 5.26 Å². The molecule has 1 saturated heterocycles. The Bertz CT molecular complexity index is 558. The predicted octanol–water partition coefficient (Wildman–Crippen LogP) is 2.43. The molecule has 1 heterocycles. The molecule has 0 amide bonds. The van der Waals surface area contributed by atoms with Gasteiger partial charge in [-0.1, -0.05) is 6.07 Å². The van der Waals surface area contributed by atoms with Gasteiger partial charge in [0.25, 0.3) is 0 Å². The van der Waals surface area contributed by atoms with Crippen LogP contribution in [0, 0.1) is 11.3 Å². The maximum Gasteiger partial charge on any atom is 0.101 e. The molecule has 21 heavy (non-hydrogen) atoms. The highest BCUT2D eigenvalue weighted by molar-refractivity contribution is 5.61. The van der Waals surface area contributed by atoms with Gasteiger partial charge < -0.3 is 15.0 Å². The topological polar surface area (TPSA) is 48.3 Å². The Kier molecular flexibility index (Phi) is 3.88. The summed E-state index contributed by atoms with van der Waals surface area (Å²) in [6.45, 7) is 7.43. The minimum Gasteiger partial charge on any atom is -0.372 e. The third kappa shape index (κ3) is 3.55. The molecule has 3 rings (SSSR count). The summed E-state index contributed by atoms with van der Waals surface area (Å²) in [5.41, 5.74) is 2.83. The molecule has 2 fully saturated rings. The van der Waals surface area contributed by atoms with Crippen LogP contribution in [0.3, 0.4) is 0 Å². The Morgan fingerprint density at radius 2 is 2.24 bits per heavy atom. The molecule has 1 aromatic rings. The third-order valence-electron chi connectivity index (χ3n) is 4.12. The summed E-state index contributed by atoms with van der Waals surface area (Å²) < 4.78 is 5.75. The lowest BCUT2D eigenvalue weighted by Gasteiger charge is -2.39. The lowest BCUT2D eigenvalue weighted by molar-refractivity contribution is -0.0277. The molecule has 112 valence electrons. The van der Waals surface area contributed by atoms with Crippen molar-refractivity contribution in [2.24, 2.45) is 0 Å². The Labute approximate surface area is 126 Å². The van der Waals surface area contributed by atoms with Crippen LogP contribution >= 0.6 is 0 Å². The first kappa shape index (κ1) is 14.4. The van der Waals surface area contributed by atoms with E-state index in [1.54, 1.807) is 0 Å². The number of hydrogen-bond donors (Lipinski definition) is 1. The standard InChI is InChI=1S/C17H23N3O/c1-17(2)12-20(7-8-21-17)16-6-3-13(9-14(16)10-18)11-19-15-4-5-15/h3,6,9,15,19H,4-5,7-8,11-12H2,1-2H3. The molecule has 0 unspecified atom stereocenters. The van der Waals surface area contributed by atoms with Crippen molar-refractivity contribution in [2.75, 3.05) is 24.6 Å². The van der Waals surface area contributed by atoms with Gasteiger partial charge in [0.15, 0.2) is 0 Å². The maximum atomic E-state index is 9.47. The molecule has 4 nitrogen and oxygen atoms in total. The molecule has 0 spiro atoms. The molecule has 1 N–H and O–H groups in total. The summed E-state index contributed by atoms with van der Waals surface area (Å²) in [4.78, 5) is 2.26. The Morgan fingerprint density at radius 3 is 2.90 bits per heavy atom. The third-order valence-corrected chi connectivity index (χ3v) is 4.12. The molecule has 1 saturated carbocycles. The van der Waals surface area contributed by atoms with E-state index in [2.05, 4.69) is 42.3 Å². The van der Waals surface area contributed by atoms with Crippen molar-refractivity contribution in [3.8, 4) is 6.07 Å². The second kappa shape index (κ2) is 5.67. The van der Waals surface area contributed by atoms with Gasteiger partial charge in [-0.3, -0.25) is 0 Å². The van der Waals surface area contributed by atoms with E-state index in [4.69, 9.17) is 4.74 Å². The zero-order chi connectivity index (χ0) is 14.9. The van der Waals surface area contributed by atoms with Gasteiger partial charge >= 0.3 is 0 Å². The van der Waals surface area contributed by atoms with Crippen molar-refractivity contribution < 1.29 is 4.74 Å². The molecule has 0 atom stereocenters. The first-order chi connectivity index (χ1) is 10.1. The van der Waals surface area contributed by atoms with Gasteiger partial charge in [-0.25, -0.2) is 0 Å². The van der Waals surface area contributed by atoms with Crippen LogP contribution in [0.5, 0.6) is 0 Å². The van der Waals surface area contributed by atoms with Gasteiger partial charge in [-0.05, 0) is 44.4 Å². The molecule has 4 heteroatoms. The number of rotatable bonds is 4. The van der Waals surface area contributed by atoms with Gasteiger partial charge in [0.1, 0.15) is 6.07 Å². The minimum absolute atomic E-state index is 0.156. The van der Waals surface area contributed by atoms with Crippen molar-refractivity contribution >= 4 is 5.69 Å². The highest BCUT2D eigenvalue weighted by Gasteiger charge is 2.28. The molecule has 1 aromatic carbocycles. The SMILES string of the molecule is CC1(C)CN(c2ccc(CNC3CC3)cc2C#N)CCO1. The van der Waals surface area contributed by atoms with Gasteiger partial charge in [0.05, 0.1) is 23.5 Å². The summed E-state index contributed by atoms with van der Waals surface area (Å²) >= 11 is 0. The van der Waals surface area contributed by atoms with Crippen LogP contribution in [0.25, 0.3) is 0 Å². The first-order valence-corrected chi connectivity index (χ1v) is 7.73. The fourth-order valence-electron chi connectivity index (χ4n) is 2.83. The molecule has 2 aliphatic rings. The number of nitriles is 1. The fraction of sp³-hybridized carbons (Fsp3) is 0.588. The Morgan fingerprint density at radius 1 is 1.43 bits per heavy atom. The smallest absolute Gasteiger partial charge is 0.101 e. The zero-order valence-corrected chi connectivity index (χ0v) is 12.9. The van der Waals surface area contributed by atoms with Crippen LogP contribution in [0.15, 0.2) is 18.2 Å². The number of anilines is 1. The van der Waals surface area contributed by atoms with Crippen LogP contribution in [-0.2, 0) is 11.3 Å². The Balaban J connectivity index is 1.76. The maximum absolute atomic E-state index is 9.47. The molecule has 0 aromatic heterocycles. The highest BCUT2D eigenvalue weighted by atomic mass is 16.5. The van der Waals surface area contributed by atoms with E-state index in [9.17, 15) is 5.26 Å². The average molecular weight is 285 g/mol. The van der Waals surface area contributed by atoms with Gasteiger partial charge in [-0.15, -0.1) is 0 Å². The van der Waals surface area contributed by atoms with Crippen LogP contribution in [0.1, 0.15) is 37.8 Å². The van der Waals surface area contributed by atoms with Gasteiger partial charge in [0.2, 0.25) is 0 Å². The largest absolute Gasteiger partial charge is 0.372 e. The molecule has 0 bridgehead atoms. The summed E-state index contributed by atoms with van der Waals surface area (Å²) in [6, 6.07) is 9.28. The van der Waals surface area contributed by atoms with Crippen molar-refractivity contribution in [1.29, 1.82) is 5.26 Å². The van der Waals surface area contributed by atoms with E-state index >= 15 is 0 Å². The van der Waals surface area contributed by atoms with E-state index in [0.717, 1.165) is 30.9 Å². The second-order valence-corrected chi connectivity index (χ2v) is 6.65. The predicted molar refractivity (Wildman–Crippen MR) is 83.3 cm³/mol. The van der Waals surface area contributed by atoms with Crippen LogP contribution < -0.4 is 10.2 Å². The highest BCUT2D eigenvalue weighted by Crippen LogP contribution is 2.27. The molecule has 1 aliphatic heterocycles. The second-order valence-electron chi connectivity index (χ2n) is 6.65. The van der Waals surface area contributed by atoms with Crippen LogP contribution in [-0.4, -0.2) is 31.3 Å². The number of morpholine rings is 1. The molecular weight excluding hydrogens is 262 g/mol. The number of hydrogen-bond acceptors (Lipinski definition) is 4. The fourth-order valence-corrected chi connectivity index (χ4v) is 2.83. The normalized spacial score (nSPS) is 21.1. The lowest BCUT2D eigenvalue weighted by atomic mass is 10.0. The van der Waals surface area contributed by atoms with E-state index in [1.165, 1.54) is 18.4 Å². The summed E-state index contributed by atoms with van der Waals surface area (Å²) in [6.07, 6.45) is 2.57. The Hall–Kier alpha value is -1.57. The van der Waals surface area contributed by atoms with Gasteiger partial charge in [0, 0.05) is 25.7 Å². The first-order valence-electron chi connectivity index (χ1n) is 7.73. The molecule has 0 radical (unpaired) electrons. The van der Waals surface area contributed by atoms with Crippen molar-refractivity contribution in [3.63, 3.8) is 0 Å². The number of nitrogens with zero attached hydrogens (tertiary/aromatic N) is 2. The minimum atomic E-state index is -0.156.